The van der Waals surface area contributed by atoms with E-state index < -0.39 is 0 Å². The Kier molecular flexibility index (Phi) is 15.2. The summed E-state index contributed by atoms with van der Waals surface area (Å²) in [5.74, 6) is 0. The van der Waals surface area contributed by atoms with Crippen molar-refractivity contribution in [3.63, 3.8) is 0 Å². The van der Waals surface area contributed by atoms with Crippen LogP contribution >= 0.6 is 0 Å². The van der Waals surface area contributed by atoms with E-state index >= 15 is 0 Å². The molecule has 0 N–H and O–H groups in total. The molecule has 600 valence electrons. The van der Waals surface area contributed by atoms with Crippen molar-refractivity contribution in [1.82, 2.24) is 0 Å². The van der Waals surface area contributed by atoms with Crippen LogP contribution in [0.15, 0.2) is 455 Å². The van der Waals surface area contributed by atoms with Gasteiger partial charge in [0.2, 0.25) is 0 Å². The summed E-state index contributed by atoms with van der Waals surface area (Å²) in [6, 6.07) is 170. The van der Waals surface area contributed by atoms with Crippen molar-refractivity contribution in [2.45, 2.75) is 0 Å². The van der Waals surface area contributed by atoms with Crippen LogP contribution in [0.2, 0.25) is 0 Å². The molecular formula is C130H75N. The Labute approximate surface area is 755 Å². The number of hydrogen-bond donors (Lipinski definition) is 0. The molecule has 1 nitrogen and oxygen atoms in total. The maximum atomic E-state index is 2.45. The van der Waals surface area contributed by atoms with Gasteiger partial charge in [0.25, 0.3) is 0 Å². The Bertz CT molecular complexity index is 8620. The largest absolute Gasteiger partial charge is 0.311 e. The van der Waals surface area contributed by atoms with Crippen molar-refractivity contribution >= 4 is 179 Å². The fraction of sp³-hybridized carbons (Fsp3) is 0. The van der Waals surface area contributed by atoms with Gasteiger partial charge in [-0.3, -0.25) is 0 Å². The molecule has 0 spiro atoms. The Balaban J connectivity index is 0.000000129. The molecule has 0 aromatic heterocycles. The summed E-state index contributed by atoms with van der Waals surface area (Å²) < 4.78 is 0. The lowest BCUT2D eigenvalue weighted by Crippen LogP contribution is -2.09. The first-order chi connectivity index (χ1) is 65.0. The molecule has 28 aromatic rings. The van der Waals surface area contributed by atoms with Crippen molar-refractivity contribution in [2.24, 2.45) is 0 Å². The molecule has 0 bridgehead atoms. The van der Waals surface area contributed by atoms with Crippen LogP contribution in [-0.4, -0.2) is 0 Å². The molecule has 131 heavy (non-hydrogen) atoms. The van der Waals surface area contributed by atoms with Crippen molar-refractivity contribution in [3.8, 4) is 122 Å². The monoisotopic (exact) mass is 1650 g/mol. The number of hydrogen-bond acceptors (Lipinski definition) is 1. The lowest BCUT2D eigenvalue weighted by molar-refractivity contribution is 1.28. The van der Waals surface area contributed by atoms with E-state index in [9.17, 15) is 0 Å². The van der Waals surface area contributed by atoms with Crippen LogP contribution in [0.1, 0.15) is 0 Å². The highest BCUT2D eigenvalue weighted by Gasteiger charge is 2.36. The fourth-order valence-corrected chi connectivity index (χ4v) is 24.1. The number of fused-ring (bicyclic) bond motifs is 10. The van der Waals surface area contributed by atoms with E-state index in [0.29, 0.717) is 0 Å². The minimum Gasteiger partial charge on any atom is -0.311 e. The quantitative estimate of drug-likeness (QED) is 0.0974. The van der Waals surface area contributed by atoms with Crippen molar-refractivity contribution in [2.75, 3.05) is 4.90 Å². The fourth-order valence-electron chi connectivity index (χ4n) is 24.1. The first-order valence-electron chi connectivity index (χ1n) is 45.8. The molecule has 30 rings (SSSR count). The summed E-state index contributed by atoms with van der Waals surface area (Å²) >= 11 is 0. The summed E-state index contributed by atoms with van der Waals surface area (Å²) in [4.78, 5) is 2.40. The van der Waals surface area contributed by atoms with E-state index in [1.54, 1.807) is 0 Å². The van der Waals surface area contributed by atoms with E-state index in [2.05, 4.69) is 460 Å². The standard InChI is InChI=1S/C66H39N.C64H36/c1-4-43-10-13-49-22-34-55(58-37-25-46(7-1)61(43)64(49)58)40-16-28-52(29-17-40)67(53-30-18-41(19-31-53)56-35-23-50-14-11-44-5-2-8-47-26-38-59(56)65(50)62(44)47)54-32-20-42(21-33-54)57-36-24-51-15-12-45-6-3-9-48-27-39-60(57)66(51)63(45)48;1-5-17-37(18-6-1)53-41-25-13-14-26-42(41)54(38-19-7-2-8-20-38)62-50-34-30-46-48-32-36-52-60-51(35-31-47(58(48)60)45-29-33-49(61(53)62)59(50)57(45)46)63-55(39-21-9-3-10-22-39)43-27-15-16-28-44(43)56(64(52)63)40-23-11-4-12-24-40/h1-39H;1-36H. The average Bonchev–Trinajstić information content (AvgIpc) is 1.52. The Morgan fingerprint density at radius 1 is 0.0992 bits per heavy atom. The van der Waals surface area contributed by atoms with E-state index in [4.69, 9.17) is 0 Å². The van der Waals surface area contributed by atoms with Gasteiger partial charge in [-0.2, -0.15) is 0 Å². The van der Waals surface area contributed by atoms with E-state index in [1.807, 2.05) is 0 Å². The van der Waals surface area contributed by atoms with Crippen LogP contribution in [0.25, 0.3) is 284 Å². The van der Waals surface area contributed by atoms with Crippen molar-refractivity contribution in [3.05, 3.63) is 455 Å². The minimum atomic E-state index is 1.10. The molecule has 28 aromatic carbocycles. The number of anilines is 3. The van der Waals surface area contributed by atoms with Crippen molar-refractivity contribution in [1.29, 1.82) is 0 Å². The normalized spacial score (nSPS) is 12.3. The van der Waals surface area contributed by atoms with Gasteiger partial charge < -0.3 is 4.90 Å². The molecule has 0 unspecified atom stereocenters. The highest BCUT2D eigenvalue weighted by molar-refractivity contribution is 6.43. The zero-order valence-corrected chi connectivity index (χ0v) is 71.2. The first-order valence-corrected chi connectivity index (χ1v) is 45.8. The summed E-state index contributed by atoms with van der Waals surface area (Å²) in [5.41, 5.74) is 31.6. The van der Waals surface area contributed by atoms with Crippen molar-refractivity contribution < 1.29 is 0 Å². The summed E-state index contributed by atoms with van der Waals surface area (Å²) in [6.45, 7) is 0. The van der Waals surface area contributed by atoms with Crippen LogP contribution in [0.3, 0.4) is 0 Å². The average molecular weight is 1650 g/mol. The maximum absolute atomic E-state index is 2.45. The molecule has 0 fully saturated rings. The van der Waals surface area contributed by atoms with Crippen LogP contribution in [0.5, 0.6) is 0 Å². The molecular weight excluding hydrogens is 1580 g/mol. The second-order valence-corrected chi connectivity index (χ2v) is 36.1. The third kappa shape index (κ3) is 10.4. The van der Waals surface area contributed by atoms with Crippen LogP contribution in [-0.2, 0) is 0 Å². The summed E-state index contributed by atoms with van der Waals surface area (Å²) in [5, 5.41) is 39.4. The van der Waals surface area contributed by atoms with Gasteiger partial charge >= 0.3 is 0 Å². The van der Waals surface area contributed by atoms with Crippen LogP contribution < -0.4 is 4.90 Å². The van der Waals surface area contributed by atoms with E-state index in [-0.39, 0.29) is 0 Å². The molecule has 1 heteroatoms. The lowest BCUT2D eigenvalue weighted by atomic mass is 9.82. The maximum Gasteiger partial charge on any atom is 0.0462 e. The predicted octanol–water partition coefficient (Wildman–Crippen LogP) is 36.9. The smallest absolute Gasteiger partial charge is 0.0462 e. The highest BCUT2D eigenvalue weighted by Crippen LogP contribution is 2.64. The molecule has 2 aliphatic rings. The zero-order valence-electron chi connectivity index (χ0n) is 71.2. The first kappa shape index (κ1) is 72.1. The molecule has 0 heterocycles. The van der Waals surface area contributed by atoms with Gasteiger partial charge in [-0.15, -0.1) is 0 Å². The molecule has 0 saturated heterocycles. The topological polar surface area (TPSA) is 3.24 Å². The number of nitrogens with zero attached hydrogens (tertiary/aromatic N) is 1. The van der Waals surface area contributed by atoms with E-state index in [0.717, 1.165) is 17.1 Å². The molecule has 0 atom stereocenters. The summed E-state index contributed by atoms with van der Waals surface area (Å²) in [6.07, 6.45) is 0. The Morgan fingerprint density at radius 2 is 0.305 bits per heavy atom. The van der Waals surface area contributed by atoms with Gasteiger partial charge in [-0.1, -0.05) is 419 Å². The second-order valence-electron chi connectivity index (χ2n) is 36.1. The van der Waals surface area contributed by atoms with Gasteiger partial charge in [-0.05, 0) is 320 Å². The van der Waals surface area contributed by atoms with Gasteiger partial charge in [0.1, 0.15) is 0 Å². The van der Waals surface area contributed by atoms with Crippen LogP contribution in [0, 0.1) is 0 Å². The predicted molar refractivity (Wildman–Crippen MR) is 562 cm³/mol. The molecule has 0 aliphatic heterocycles. The third-order valence-electron chi connectivity index (χ3n) is 29.6. The van der Waals surface area contributed by atoms with Gasteiger partial charge in [0, 0.05) is 17.1 Å². The second kappa shape index (κ2) is 27.7. The third-order valence-corrected chi connectivity index (χ3v) is 29.6. The zero-order chi connectivity index (χ0) is 85.4. The van der Waals surface area contributed by atoms with E-state index in [1.165, 1.54) is 284 Å². The molecule has 2 aliphatic carbocycles. The highest BCUT2D eigenvalue weighted by atomic mass is 15.1. The Morgan fingerprint density at radius 3 is 0.557 bits per heavy atom. The van der Waals surface area contributed by atoms with Gasteiger partial charge in [0.05, 0.1) is 0 Å². The number of benzene rings is 28. The summed E-state index contributed by atoms with van der Waals surface area (Å²) in [7, 11) is 0. The Hall–Kier alpha value is -17.1. The minimum absolute atomic E-state index is 1.10. The van der Waals surface area contributed by atoms with Gasteiger partial charge in [-0.25, -0.2) is 0 Å². The number of rotatable bonds is 10. The molecule has 0 amide bonds. The lowest BCUT2D eigenvalue weighted by Gasteiger charge is -2.26. The molecule has 0 saturated carbocycles. The molecule has 0 radical (unpaired) electrons. The SMILES string of the molecule is c1cc2ccc3ccc(-c4ccc(N(c5ccc(-c6ccc7ccc8cccc9ccc6c7c89)cc5)c5ccc(-c6ccc7ccc8cccc9ccc6c7c89)cc5)cc4)c4ccc(c1)c2c34.c1ccc(-c2c3c(c(-c4ccccc4)c4ccccc24)-c2ccc4c5ccc6c7c(ccc(c8ccc-3c2c84)c75)-c2c-6c(-c3ccccc3)c3ccccc3c2-c2ccccc2)cc1. The van der Waals surface area contributed by atoms with Crippen LogP contribution in [0.4, 0.5) is 17.1 Å². The van der Waals surface area contributed by atoms with Gasteiger partial charge in [0.15, 0.2) is 0 Å².